The minimum absolute atomic E-state index is 0.0459. The van der Waals surface area contributed by atoms with Crippen molar-refractivity contribution in [1.82, 2.24) is 15.2 Å². The molecule has 92 valence electrons. The van der Waals surface area contributed by atoms with Crippen molar-refractivity contribution in [2.45, 2.75) is 18.9 Å². The van der Waals surface area contributed by atoms with Gasteiger partial charge in [-0.05, 0) is 12.8 Å². The molecule has 6 nitrogen and oxygen atoms in total. The molecule has 1 aromatic heterocycles. The summed E-state index contributed by atoms with van der Waals surface area (Å²) in [6.07, 6.45) is 6.09. The second-order valence-corrected chi connectivity index (χ2v) is 6.20. The first-order valence-electron chi connectivity index (χ1n) is 5.05. The second-order valence-electron chi connectivity index (χ2n) is 3.94. The highest BCUT2D eigenvalue weighted by molar-refractivity contribution is 7.90. The number of nitrogens with two attached hydrogens (primary N) is 1. The Morgan fingerprint density at radius 3 is 2.75 bits per heavy atom. The molecule has 0 saturated heterocycles. The van der Waals surface area contributed by atoms with Gasteiger partial charge in [-0.3, -0.25) is 16.0 Å². The molecular formula is C9H18N4O2S. The van der Waals surface area contributed by atoms with Gasteiger partial charge in [0.05, 0.1) is 6.20 Å². The number of hydrogen-bond donors (Lipinski definition) is 2. The van der Waals surface area contributed by atoms with Crippen LogP contribution in [-0.4, -0.2) is 30.2 Å². The standard InChI is InChI=1S/C9H18N4O2S/c1-13-7-8(6-11-13)9(12-10)4-3-5-16(2,14)15/h6-7,9,12H,3-5,10H2,1-2H3. The number of aryl methyl sites for hydroxylation is 1. The molecule has 7 heteroatoms. The lowest BCUT2D eigenvalue weighted by Gasteiger charge is -2.13. The van der Waals surface area contributed by atoms with Gasteiger partial charge in [-0.25, -0.2) is 8.42 Å². The van der Waals surface area contributed by atoms with Crippen LogP contribution in [0.2, 0.25) is 0 Å². The van der Waals surface area contributed by atoms with Crippen LogP contribution in [0.3, 0.4) is 0 Å². The van der Waals surface area contributed by atoms with E-state index in [1.807, 2.05) is 13.2 Å². The number of nitrogens with one attached hydrogen (secondary N) is 1. The third-order valence-corrected chi connectivity index (χ3v) is 3.37. The summed E-state index contributed by atoms with van der Waals surface area (Å²) in [5.74, 6) is 5.61. The van der Waals surface area contributed by atoms with Gasteiger partial charge in [0.2, 0.25) is 0 Å². The molecule has 1 aromatic rings. The zero-order valence-corrected chi connectivity index (χ0v) is 10.4. The Hall–Kier alpha value is -0.920. The van der Waals surface area contributed by atoms with Gasteiger partial charge in [0.15, 0.2) is 0 Å². The van der Waals surface area contributed by atoms with Gasteiger partial charge >= 0.3 is 0 Å². The molecule has 0 aliphatic carbocycles. The van der Waals surface area contributed by atoms with Crippen LogP contribution in [0.5, 0.6) is 0 Å². The molecule has 0 aliphatic rings. The van der Waals surface area contributed by atoms with Crippen molar-refractivity contribution in [3.05, 3.63) is 18.0 Å². The van der Waals surface area contributed by atoms with Crippen molar-refractivity contribution in [1.29, 1.82) is 0 Å². The number of hydrogen-bond acceptors (Lipinski definition) is 5. The summed E-state index contributed by atoms with van der Waals surface area (Å²) in [5.41, 5.74) is 3.64. The molecule has 0 saturated carbocycles. The van der Waals surface area contributed by atoms with E-state index >= 15 is 0 Å². The minimum Gasteiger partial charge on any atom is -0.275 e. The molecule has 1 rings (SSSR count). The number of nitrogens with zero attached hydrogens (tertiary/aromatic N) is 2. The average Bonchev–Trinajstić information content (AvgIpc) is 2.58. The zero-order valence-electron chi connectivity index (χ0n) is 9.55. The maximum atomic E-state index is 11.0. The van der Waals surface area contributed by atoms with Gasteiger partial charge in [-0.2, -0.15) is 5.10 Å². The average molecular weight is 246 g/mol. The van der Waals surface area contributed by atoms with Gasteiger partial charge in [0.1, 0.15) is 9.84 Å². The van der Waals surface area contributed by atoms with E-state index in [-0.39, 0.29) is 11.8 Å². The predicted octanol–water partition coefficient (Wildman–Crippen LogP) is -0.251. The summed E-state index contributed by atoms with van der Waals surface area (Å²) in [4.78, 5) is 0. The van der Waals surface area contributed by atoms with Gasteiger partial charge in [-0.15, -0.1) is 0 Å². The molecule has 0 aliphatic heterocycles. The first-order chi connectivity index (χ1) is 7.42. The summed E-state index contributed by atoms with van der Waals surface area (Å²) in [6, 6.07) is -0.0459. The van der Waals surface area contributed by atoms with Gasteiger partial charge in [0, 0.05) is 36.9 Å². The Bertz CT molecular complexity index is 426. The van der Waals surface area contributed by atoms with Crippen LogP contribution in [0.4, 0.5) is 0 Å². The van der Waals surface area contributed by atoms with Crippen LogP contribution in [0.15, 0.2) is 12.4 Å². The topological polar surface area (TPSA) is 90.0 Å². The largest absolute Gasteiger partial charge is 0.275 e. The van der Waals surface area contributed by atoms with Crippen molar-refractivity contribution >= 4 is 9.84 Å². The third kappa shape index (κ3) is 4.30. The van der Waals surface area contributed by atoms with Gasteiger partial charge in [0.25, 0.3) is 0 Å². The maximum Gasteiger partial charge on any atom is 0.147 e. The summed E-state index contributed by atoms with van der Waals surface area (Å²) >= 11 is 0. The first-order valence-corrected chi connectivity index (χ1v) is 7.11. The molecule has 16 heavy (non-hydrogen) atoms. The highest BCUT2D eigenvalue weighted by Crippen LogP contribution is 2.16. The molecule has 1 atom stereocenters. The molecule has 1 unspecified atom stereocenters. The molecular weight excluding hydrogens is 228 g/mol. The van der Waals surface area contributed by atoms with E-state index in [4.69, 9.17) is 5.84 Å². The smallest absolute Gasteiger partial charge is 0.147 e. The lowest BCUT2D eigenvalue weighted by atomic mass is 10.1. The minimum atomic E-state index is -2.89. The van der Waals surface area contributed by atoms with Gasteiger partial charge in [-0.1, -0.05) is 0 Å². The molecule has 0 aromatic carbocycles. The molecule has 0 bridgehead atoms. The van der Waals surface area contributed by atoms with Crippen LogP contribution in [0.25, 0.3) is 0 Å². The lowest BCUT2D eigenvalue weighted by molar-refractivity contribution is 0.507. The summed E-state index contributed by atoms with van der Waals surface area (Å²) < 4.78 is 23.6. The van der Waals surface area contributed by atoms with Crippen molar-refractivity contribution < 1.29 is 8.42 Å². The van der Waals surface area contributed by atoms with E-state index in [1.54, 1.807) is 10.9 Å². The van der Waals surface area contributed by atoms with Crippen LogP contribution in [-0.2, 0) is 16.9 Å². The van der Waals surface area contributed by atoms with E-state index in [0.29, 0.717) is 12.8 Å². The predicted molar refractivity (Wildman–Crippen MR) is 62.2 cm³/mol. The molecule has 0 amide bonds. The van der Waals surface area contributed by atoms with Gasteiger partial charge < -0.3 is 0 Å². The quantitative estimate of drug-likeness (QED) is 0.533. The van der Waals surface area contributed by atoms with Crippen LogP contribution >= 0.6 is 0 Å². The lowest BCUT2D eigenvalue weighted by Crippen LogP contribution is -2.28. The Morgan fingerprint density at radius 2 is 2.31 bits per heavy atom. The Balaban J connectivity index is 2.50. The Labute approximate surface area is 95.7 Å². The van der Waals surface area contributed by atoms with E-state index in [0.717, 1.165) is 5.56 Å². The van der Waals surface area contributed by atoms with E-state index in [2.05, 4.69) is 10.5 Å². The van der Waals surface area contributed by atoms with E-state index < -0.39 is 9.84 Å². The van der Waals surface area contributed by atoms with Crippen molar-refractivity contribution in [3.8, 4) is 0 Å². The molecule has 0 spiro atoms. The van der Waals surface area contributed by atoms with Crippen LogP contribution in [0.1, 0.15) is 24.4 Å². The number of aromatic nitrogens is 2. The van der Waals surface area contributed by atoms with Crippen molar-refractivity contribution in [3.63, 3.8) is 0 Å². The van der Waals surface area contributed by atoms with Crippen molar-refractivity contribution in [2.24, 2.45) is 12.9 Å². The molecule has 0 fully saturated rings. The maximum absolute atomic E-state index is 11.0. The molecule has 0 radical (unpaired) electrons. The Morgan fingerprint density at radius 1 is 1.62 bits per heavy atom. The molecule has 1 heterocycles. The fourth-order valence-corrected chi connectivity index (χ4v) is 2.21. The monoisotopic (exact) mass is 246 g/mol. The summed E-state index contributed by atoms with van der Waals surface area (Å²) in [6.45, 7) is 0. The second kappa shape index (κ2) is 5.42. The van der Waals surface area contributed by atoms with Crippen LogP contribution < -0.4 is 11.3 Å². The summed E-state index contributed by atoms with van der Waals surface area (Å²) in [5, 5.41) is 4.05. The van der Waals surface area contributed by atoms with Crippen molar-refractivity contribution in [2.75, 3.05) is 12.0 Å². The highest BCUT2D eigenvalue weighted by atomic mass is 32.2. The zero-order chi connectivity index (χ0) is 12.2. The Kier molecular flexibility index (Phi) is 4.45. The third-order valence-electron chi connectivity index (χ3n) is 2.34. The number of rotatable bonds is 6. The van der Waals surface area contributed by atoms with E-state index in [9.17, 15) is 8.42 Å². The fraction of sp³-hybridized carbons (Fsp3) is 0.667. The SMILES string of the molecule is Cn1cc(C(CCCS(C)(=O)=O)NN)cn1. The van der Waals surface area contributed by atoms with Crippen LogP contribution in [0, 0.1) is 0 Å². The normalized spacial score (nSPS) is 13.9. The summed E-state index contributed by atoms with van der Waals surface area (Å²) in [7, 11) is -1.07. The fourth-order valence-electron chi connectivity index (χ4n) is 1.52. The highest BCUT2D eigenvalue weighted by Gasteiger charge is 2.12. The number of hydrazine groups is 1. The first kappa shape index (κ1) is 13.1. The van der Waals surface area contributed by atoms with E-state index in [1.165, 1.54) is 6.26 Å². The number of sulfone groups is 1. The molecule has 3 N–H and O–H groups in total.